The van der Waals surface area contributed by atoms with Gasteiger partial charge in [-0.2, -0.15) is 0 Å². The second-order valence-electron chi connectivity index (χ2n) is 12.4. The molecule has 8 nitrogen and oxygen atoms in total. The Hall–Kier alpha value is -2.97. The summed E-state index contributed by atoms with van der Waals surface area (Å²) < 4.78 is 12.5. The molecule has 3 heterocycles. The number of esters is 1. The molecule has 1 aromatic rings. The molecule has 2 amide bonds. The summed E-state index contributed by atoms with van der Waals surface area (Å²) in [5.41, 5.74) is 0.790. The van der Waals surface area contributed by atoms with Crippen molar-refractivity contribution in [2.24, 2.45) is 11.8 Å². The van der Waals surface area contributed by atoms with E-state index in [1.807, 2.05) is 45.0 Å². The molecular formula is C34H48N2O6. The summed E-state index contributed by atoms with van der Waals surface area (Å²) in [4.78, 5) is 46.0. The second kappa shape index (κ2) is 13.6. The number of allylic oxidation sites excluding steroid dienone is 1. The van der Waals surface area contributed by atoms with Crippen LogP contribution in [0.2, 0.25) is 0 Å². The first-order chi connectivity index (χ1) is 20.1. The van der Waals surface area contributed by atoms with Gasteiger partial charge in [-0.15, -0.1) is 13.2 Å². The van der Waals surface area contributed by atoms with Gasteiger partial charge in [0.2, 0.25) is 5.91 Å². The zero-order valence-corrected chi connectivity index (χ0v) is 25.6. The summed E-state index contributed by atoms with van der Waals surface area (Å²) in [5, 5.41) is 9.20. The largest absolute Gasteiger partial charge is 0.465 e. The number of amides is 2. The molecular weight excluding hydrogens is 532 g/mol. The van der Waals surface area contributed by atoms with E-state index >= 15 is 0 Å². The molecule has 0 radical (unpaired) electrons. The van der Waals surface area contributed by atoms with Crippen molar-refractivity contribution in [1.82, 2.24) is 4.90 Å². The number of hydrogen-bond acceptors (Lipinski definition) is 6. The Balaban J connectivity index is 1.69. The Morgan fingerprint density at radius 1 is 1.12 bits per heavy atom. The van der Waals surface area contributed by atoms with Crippen LogP contribution in [0.1, 0.15) is 75.8 Å². The predicted molar refractivity (Wildman–Crippen MR) is 163 cm³/mol. The molecule has 0 aromatic heterocycles. The van der Waals surface area contributed by atoms with E-state index in [0.717, 1.165) is 48.9 Å². The van der Waals surface area contributed by atoms with Gasteiger partial charge < -0.3 is 24.4 Å². The topological polar surface area (TPSA) is 96.4 Å². The number of benzene rings is 1. The minimum absolute atomic E-state index is 0.130. The lowest BCUT2D eigenvalue weighted by atomic mass is 9.66. The highest BCUT2D eigenvalue weighted by atomic mass is 16.6. The van der Waals surface area contributed by atoms with E-state index in [1.54, 1.807) is 15.9 Å². The molecule has 42 heavy (non-hydrogen) atoms. The molecule has 1 spiro atoms. The van der Waals surface area contributed by atoms with Crippen molar-refractivity contribution >= 4 is 23.5 Å². The number of aryl methyl sites for hydroxylation is 2. The van der Waals surface area contributed by atoms with Crippen molar-refractivity contribution < 1.29 is 29.0 Å². The predicted octanol–water partition coefficient (Wildman–Crippen LogP) is 5.04. The normalized spacial score (nSPS) is 27.7. The minimum atomic E-state index is -1.10. The number of carbonyl (C=O) groups is 3. The molecule has 1 N–H and O–H groups in total. The third kappa shape index (κ3) is 5.93. The first-order valence-corrected chi connectivity index (χ1v) is 15.5. The maximum atomic E-state index is 14.7. The van der Waals surface area contributed by atoms with Crippen LogP contribution in [0.15, 0.2) is 43.5 Å². The van der Waals surface area contributed by atoms with Crippen LogP contribution in [0.4, 0.5) is 5.69 Å². The van der Waals surface area contributed by atoms with Crippen molar-refractivity contribution in [3.05, 3.63) is 54.6 Å². The molecule has 3 aliphatic heterocycles. The highest BCUT2D eigenvalue weighted by molar-refractivity contribution is 6.05. The number of hydrogen-bond donors (Lipinski definition) is 1. The molecule has 0 saturated carbocycles. The summed E-state index contributed by atoms with van der Waals surface area (Å²) >= 11 is 0. The maximum Gasteiger partial charge on any atom is 0.312 e. The number of carbonyl (C=O) groups excluding carboxylic acids is 3. The number of anilines is 1. The zero-order valence-electron chi connectivity index (χ0n) is 25.6. The van der Waals surface area contributed by atoms with Crippen LogP contribution in [0.25, 0.3) is 0 Å². The van der Waals surface area contributed by atoms with Crippen LogP contribution >= 0.6 is 0 Å². The van der Waals surface area contributed by atoms with Crippen molar-refractivity contribution in [2.75, 3.05) is 31.2 Å². The maximum absolute atomic E-state index is 14.7. The average molecular weight is 581 g/mol. The third-order valence-electron chi connectivity index (χ3n) is 9.35. The van der Waals surface area contributed by atoms with Gasteiger partial charge in [-0.25, -0.2) is 0 Å². The quantitative estimate of drug-likeness (QED) is 0.167. The average Bonchev–Trinajstić information content (AvgIpc) is 3.53. The molecule has 1 aromatic carbocycles. The molecule has 2 unspecified atom stereocenters. The molecule has 4 rings (SSSR count). The minimum Gasteiger partial charge on any atom is -0.465 e. The zero-order chi connectivity index (χ0) is 30.5. The lowest BCUT2D eigenvalue weighted by molar-refractivity contribution is -0.159. The molecule has 5 atom stereocenters. The fraction of sp³-hybridized carbons (Fsp3) is 0.618. The van der Waals surface area contributed by atoms with Gasteiger partial charge >= 0.3 is 5.97 Å². The van der Waals surface area contributed by atoms with Crippen molar-refractivity contribution in [2.45, 2.75) is 95.8 Å². The van der Waals surface area contributed by atoms with E-state index in [9.17, 15) is 19.5 Å². The van der Waals surface area contributed by atoms with E-state index in [0.29, 0.717) is 32.2 Å². The van der Waals surface area contributed by atoms with E-state index in [2.05, 4.69) is 13.2 Å². The highest BCUT2D eigenvalue weighted by Gasteiger charge is 2.78. The van der Waals surface area contributed by atoms with Gasteiger partial charge in [0.05, 0.1) is 18.1 Å². The number of aliphatic hydroxyl groups is 1. The number of fused-ring (bicyclic) bond motifs is 1. The summed E-state index contributed by atoms with van der Waals surface area (Å²) in [7, 11) is 0. The van der Waals surface area contributed by atoms with Crippen LogP contribution in [-0.4, -0.2) is 71.3 Å². The number of aliphatic hydroxyl groups excluding tert-OH is 1. The van der Waals surface area contributed by atoms with Crippen LogP contribution in [0, 0.1) is 25.7 Å². The van der Waals surface area contributed by atoms with Crippen molar-refractivity contribution in [3.8, 4) is 0 Å². The highest BCUT2D eigenvalue weighted by Crippen LogP contribution is 2.63. The van der Waals surface area contributed by atoms with Gasteiger partial charge in [0, 0.05) is 25.4 Å². The fourth-order valence-corrected chi connectivity index (χ4v) is 7.30. The van der Waals surface area contributed by atoms with Gasteiger partial charge in [-0.05, 0) is 82.9 Å². The fourth-order valence-electron chi connectivity index (χ4n) is 7.30. The summed E-state index contributed by atoms with van der Waals surface area (Å²) in [5.74, 6) is -2.36. The first-order valence-electron chi connectivity index (χ1n) is 15.5. The lowest BCUT2D eigenvalue weighted by Crippen LogP contribution is -2.56. The van der Waals surface area contributed by atoms with Crippen LogP contribution in [0.5, 0.6) is 0 Å². The Labute approximate surface area is 250 Å². The molecule has 8 heteroatoms. The van der Waals surface area contributed by atoms with Crippen molar-refractivity contribution in [3.63, 3.8) is 0 Å². The van der Waals surface area contributed by atoms with Gasteiger partial charge in [0.25, 0.3) is 5.91 Å². The number of rotatable bonds is 16. The van der Waals surface area contributed by atoms with E-state index in [-0.39, 0.29) is 31.6 Å². The molecule has 230 valence electrons. The van der Waals surface area contributed by atoms with Gasteiger partial charge in [-0.1, -0.05) is 37.1 Å². The molecule has 2 bridgehead atoms. The molecule has 3 aliphatic rings. The Bertz CT molecular complexity index is 1180. The van der Waals surface area contributed by atoms with E-state index in [4.69, 9.17) is 9.47 Å². The smallest absolute Gasteiger partial charge is 0.312 e. The monoisotopic (exact) mass is 580 g/mol. The molecule has 3 saturated heterocycles. The Morgan fingerprint density at radius 2 is 1.88 bits per heavy atom. The van der Waals surface area contributed by atoms with Gasteiger partial charge in [0.15, 0.2) is 0 Å². The molecule has 0 aliphatic carbocycles. The molecule has 3 fully saturated rings. The summed E-state index contributed by atoms with van der Waals surface area (Å²) in [6.45, 7) is 14.6. The van der Waals surface area contributed by atoms with Gasteiger partial charge in [0.1, 0.15) is 17.6 Å². The van der Waals surface area contributed by atoms with E-state index < -0.39 is 35.0 Å². The van der Waals surface area contributed by atoms with E-state index in [1.165, 1.54) is 0 Å². The first kappa shape index (κ1) is 32.0. The number of likely N-dealkylation sites (tertiary alicyclic amines) is 1. The third-order valence-corrected chi connectivity index (χ3v) is 9.35. The standard InChI is InChI=1S/C34H48N2O6/c1-6-8-9-14-22-41-32(40)28-27-30(38)36(20-12-10-11-13-21-37)29(34(27)18-17-33(28,5)42-34)31(39)35(19-7-2)26-23-24(3)15-16-25(26)4/h6-7,15-16,23,27-29,37H,1-2,8-14,17-22H2,3-5H3/t27-,28+,29?,33-,34?/m0/s1. The summed E-state index contributed by atoms with van der Waals surface area (Å²) in [6, 6.07) is 5.13. The second-order valence-corrected chi connectivity index (χ2v) is 12.4. The Morgan fingerprint density at radius 3 is 2.60 bits per heavy atom. The van der Waals surface area contributed by atoms with Crippen LogP contribution < -0.4 is 4.90 Å². The van der Waals surface area contributed by atoms with Crippen molar-refractivity contribution in [1.29, 1.82) is 0 Å². The van der Waals surface area contributed by atoms with Crippen LogP contribution in [-0.2, 0) is 23.9 Å². The van der Waals surface area contributed by atoms with Gasteiger partial charge in [-0.3, -0.25) is 14.4 Å². The SMILES string of the molecule is C=CCCCCOC(=O)[C@H]1[C@H]2C(=O)N(CCCCCCO)C(C(=O)N(CC=C)c3cc(C)ccc3C)C23CC[C@]1(C)O3. The number of ether oxygens (including phenoxy) is 2. The number of unbranched alkanes of at least 4 members (excludes halogenated alkanes) is 5. The number of nitrogens with zero attached hydrogens (tertiary/aromatic N) is 2. The summed E-state index contributed by atoms with van der Waals surface area (Å²) in [6.07, 6.45) is 10.1. The van der Waals surface area contributed by atoms with Crippen LogP contribution in [0.3, 0.4) is 0 Å². The lowest BCUT2D eigenvalue weighted by Gasteiger charge is -2.37. The Kier molecular flexibility index (Phi) is 10.3.